The van der Waals surface area contributed by atoms with Gasteiger partial charge in [0.2, 0.25) is 26.8 Å². The maximum Gasteiger partial charge on any atom is 0.271 e. The number of hydrogen-bond donors (Lipinski definition) is 3. The minimum Gasteiger partial charge on any atom is -0.356 e. The Hall–Kier alpha value is -3.49. The normalized spacial score (nSPS) is 26.7. The number of piperidine rings is 2. The second-order valence-electron chi connectivity index (χ2n) is 10.8. The lowest BCUT2D eigenvalue weighted by atomic mass is 9.71. The Balaban J connectivity index is 1.49. The van der Waals surface area contributed by atoms with Crippen molar-refractivity contribution in [3.05, 3.63) is 46.8 Å². The average Bonchev–Trinajstić information content (AvgIpc) is 3.52. The number of alkyl halides is 2. The Bertz CT molecular complexity index is 1520. The van der Waals surface area contributed by atoms with E-state index in [4.69, 9.17) is 0 Å². The summed E-state index contributed by atoms with van der Waals surface area (Å²) >= 11 is 0. The van der Waals surface area contributed by atoms with Crippen LogP contribution in [0.4, 0.5) is 22.0 Å². The van der Waals surface area contributed by atoms with Gasteiger partial charge in [-0.25, -0.2) is 26.0 Å². The van der Waals surface area contributed by atoms with Crippen LogP contribution in [-0.2, 0) is 19.4 Å². The van der Waals surface area contributed by atoms with Crippen molar-refractivity contribution in [3.8, 4) is 0 Å². The summed E-state index contributed by atoms with van der Waals surface area (Å²) in [6.07, 6.45) is 0.618. The molecule has 0 unspecified atom stereocenters. The molecule has 6 rings (SSSR count). The number of amides is 3. The molecule has 2 bridgehead atoms. The molecule has 222 valence electrons. The van der Waals surface area contributed by atoms with Crippen LogP contribution in [0.3, 0.4) is 0 Å². The molecule has 1 aromatic carbocycles. The summed E-state index contributed by atoms with van der Waals surface area (Å²) in [6.45, 7) is 0.314. The zero-order valence-corrected chi connectivity index (χ0v) is 22.5. The summed E-state index contributed by atoms with van der Waals surface area (Å²) in [6, 6.07) is -1.48. The molecule has 1 saturated carbocycles. The molecule has 9 nitrogen and oxygen atoms in total. The zero-order valence-electron chi connectivity index (χ0n) is 21.7. The van der Waals surface area contributed by atoms with E-state index in [1.807, 2.05) is 0 Å². The molecule has 3 N–H and O–H groups in total. The Labute approximate surface area is 231 Å². The Morgan fingerprint density at radius 3 is 2.51 bits per heavy atom. The van der Waals surface area contributed by atoms with Crippen molar-refractivity contribution in [2.75, 3.05) is 12.8 Å². The van der Waals surface area contributed by atoms with Crippen molar-refractivity contribution in [1.29, 1.82) is 0 Å². The first kappa shape index (κ1) is 29.0. The van der Waals surface area contributed by atoms with Gasteiger partial charge in [0, 0.05) is 36.6 Å². The molecule has 3 amide bonds. The summed E-state index contributed by atoms with van der Waals surface area (Å²) in [5.74, 6) is -9.77. The predicted octanol–water partition coefficient (Wildman–Crippen LogP) is 2.94. The van der Waals surface area contributed by atoms with Gasteiger partial charge in [-0.2, -0.15) is 4.39 Å². The van der Waals surface area contributed by atoms with Crippen LogP contribution in [0, 0.1) is 23.5 Å². The first-order valence-corrected chi connectivity index (χ1v) is 14.9. The number of hydrogen-bond acceptors (Lipinski definition) is 5. The lowest BCUT2D eigenvalue weighted by Crippen LogP contribution is -2.68. The molecule has 0 radical (unpaired) electrons. The van der Waals surface area contributed by atoms with Gasteiger partial charge in [0.05, 0.1) is 17.5 Å². The lowest BCUT2D eigenvalue weighted by molar-refractivity contribution is -0.179. The number of nitrogens with one attached hydrogen (secondary N) is 3. The first-order chi connectivity index (χ1) is 19.2. The second-order valence-corrected chi connectivity index (χ2v) is 12.8. The molecule has 0 spiro atoms. The maximum atomic E-state index is 15.1. The van der Waals surface area contributed by atoms with E-state index in [0.717, 1.165) is 23.1 Å². The van der Waals surface area contributed by atoms with E-state index in [1.54, 1.807) is 0 Å². The van der Waals surface area contributed by atoms with E-state index < -0.39 is 86.7 Å². The van der Waals surface area contributed by atoms with Gasteiger partial charge in [0.15, 0.2) is 0 Å². The van der Waals surface area contributed by atoms with Crippen LogP contribution in [-0.4, -0.2) is 72.9 Å². The van der Waals surface area contributed by atoms with E-state index in [9.17, 15) is 36.0 Å². The Kier molecular flexibility index (Phi) is 7.37. The number of benzene rings is 1. The number of halogens is 5. The fourth-order valence-electron chi connectivity index (χ4n) is 6.10. The molecule has 4 fully saturated rings. The van der Waals surface area contributed by atoms with Gasteiger partial charge in [-0.3, -0.25) is 14.4 Å². The first-order valence-electron chi connectivity index (χ1n) is 13.0. The highest BCUT2D eigenvalue weighted by molar-refractivity contribution is 7.94. The van der Waals surface area contributed by atoms with Crippen molar-refractivity contribution in [1.82, 2.24) is 20.5 Å². The highest BCUT2D eigenvalue weighted by Crippen LogP contribution is 2.49. The minimum absolute atomic E-state index is 0.112. The summed E-state index contributed by atoms with van der Waals surface area (Å²) < 4.78 is 96.6. The monoisotopic (exact) mass is 602 g/mol. The molecule has 4 heterocycles. The summed E-state index contributed by atoms with van der Waals surface area (Å²) in [5, 5.41) is 3.14. The lowest BCUT2D eigenvalue weighted by Gasteiger charge is -2.53. The number of fused-ring (bicyclic) bond motifs is 4. The molecule has 15 heteroatoms. The summed E-state index contributed by atoms with van der Waals surface area (Å²) in [5.41, 5.74) is -0.627. The van der Waals surface area contributed by atoms with Gasteiger partial charge in [0.1, 0.15) is 23.4 Å². The Morgan fingerprint density at radius 2 is 1.90 bits per heavy atom. The van der Waals surface area contributed by atoms with Crippen LogP contribution in [0.25, 0.3) is 10.9 Å². The summed E-state index contributed by atoms with van der Waals surface area (Å²) in [7, 11) is -4.32. The van der Waals surface area contributed by atoms with Gasteiger partial charge in [-0.05, 0) is 50.0 Å². The fourth-order valence-corrected chi connectivity index (χ4v) is 6.51. The molecule has 4 aliphatic rings. The standard InChI is InChI=1S/C26H27F5N4O5S/c1-41(39,40)20(29)9-13(8-12-6-7-32-23(12)36)33-24(37)22-16-3-2-14(11-26(16,30)31)35(22)25(38)19-10-15-17(27)4-5-18(28)21(15)34-19/h4-5,9-10,12-14,16,22,34H,2-3,6-8,11H2,1H3,(H,32,36)(H,33,37)/b20-9-/t12-,13-,14-,16-,22-/m0/s1. The third kappa shape index (κ3) is 5.43. The summed E-state index contributed by atoms with van der Waals surface area (Å²) in [4.78, 5) is 42.8. The molecular formula is C26H27F5N4O5S. The number of sulfone groups is 1. The van der Waals surface area contributed by atoms with E-state index in [1.165, 1.54) is 0 Å². The van der Waals surface area contributed by atoms with Crippen LogP contribution in [0.5, 0.6) is 0 Å². The highest BCUT2D eigenvalue weighted by atomic mass is 32.2. The smallest absolute Gasteiger partial charge is 0.271 e. The van der Waals surface area contributed by atoms with Crippen LogP contribution >= 0.6 is 0 Å². The van der Waals surface area contributed by atoms with Crippen LogP contribution < -0.4 is 10.6 Å². The van der Waals surface area contributed by atoms with Crippen molar-refractivity contribution >= 4 is 38.5 Å². The molecule has 5 atom stereocenters. The minimum atomic E-state index is -4.32. The number of rotatable bonds is 7. The SMILES string of the molecule is CS(=O)(=O)/C(F)=C\[C@H](C[C@@H]1CCNC1=O)NC(=O)[C@@H]1[C@@H]2CC[C@@H](CC2(F)F)N1C(=O)c1cc2c(F)ccc(F)c2[nH]1. The van der Waals surface area contributed by atoms with Gasteiger partial charge in [0.25, 0.3) is 11.8 Å². The second kappa shape index (κ2) is 10.4. The molecule has 2 aromatic rings. The molecular weight excluding hydrogens is 575 g/mol. The predicted molar refractivity (Wildman–Crippen MR) is 136 cm³/mol. The van der Waals surface area contributed by atoms with E-state index in [-0.39, 0.29) is 35.9 Å². The molecule has 3 saturated heterocycles. The third-order valence-electron chi connectivity index (χ3n) is 8.07. The molecule has 1 aliphatic carbocycles. The number of aromatic nitrogens is 1. The number of nitrogens with zero attached hydrogens (tertiary/aromatic N) is 1. The van der Waals surface area contributed by atoms with Gasteiger partial charge >= 0.3 is 0 Å². The molecule has 3 aliphatic heterocycles. The van der Waals surface area contributed by atoms with Gasteiger partial charge in [-0.15, -0.1) is 0 Å². The van der Waals surface area contributed by atoms with Crippen LogP contribution in [0.2, 0.25) is 0 Å². The number of carbonyl (C=O) groups is 3. The van der Waals surface area contributed by atoms with E-state index in [2.05, 4.69) is 15.6 Å². The van der Waals surface area contributed by atoms with E-state index in [0.29, 0.717) is 25.3 Å². The van der Waals surface area contributed by atoms with Crippen LogP contribution in [0.1, 0.15) is 42.6 Å². The topological polar surface area (TPSA) is 128 Å². The Morgan fingerprint density at radius 1 is 1.20 bits per heavy atom. The van der Waals surface area contributed by atoms with Crippen molar-refractivity contribution in [3.63, 3.8) is 0 Å². The number of H-pyrrole nitrogens is 1. The van der Waals surface area contributed by atoms with Crippen molar-refractivity contribution < 1.29 is 44.8 Å². The van der Waals surface area contributed by atoms with Crippen molar-refractivity contribution in [2.45, 2.75) is 56.2 Å². The number of aromatic amines is 1. The van der Waals surface area contributed by atoms with E-state index >= 15 is 8.78 Å². The fraction of sp³-hybridized carbons (Fsp3) is 0.500. The largest absolute Gasteiger partial charge is 0.356 e. The highest BCUT2D eigenvalue weighted by Gasteiger charge is 2.60. The van der Waals surface area contributed by atoms with Gasteiger partial charge in [-0.1, -0.05) is 0 Å². The zero-order chi connectivity index (χ0) is 29.9. The molecule has 41 heavy (non-hydrogen) atoms. The van der Waals surface area contributed by atoms with Crippen molar-refractivity contribution in [2.24, 2.45) is 11.8 Å². The molecule has 1 aromatic heterocycles. The average molecular weight is 603 g/mol. The van der Waals surface area contributed by atoms with Gasteiger partial charge < -0.3 is 20.5 Å². The third-order valence-corrected chi connectivity index (χ3v) is 8.92. The number of carbonyl (C=O) groups excluding carboxylic acids is 3. The quantitative estimate of drug-likeness (QED) is 0.420. The maximum absolute atomic E-state index is 15.1. The van der Waals surface area contributed by atoms with Crippen LogP contribution in [0.15, 0.2) is 29.4 Å².